The molecule has 0 atom stereocenters. The van der Waals surface area contributed by atoms with Crippen LogP contribution in [0.1, 0.15) is 10.4 Å². The third kappa shape index (κ3) is 3.87. The number of ether oxygens (including phenoxy) is 1. The molecule has 0 bridgehead atoms. The van der Waals surface area contributed by atoms with Gasteiger partial charge >= 0.3 is 0 Å². The van der Waals surface area contributed by atoms with Crippen molar-refractivity contribution in [3.63, 3.8) is 0 Å². The predicted octanol–water partition coefficient (Wildman–Crippen LogP) is 5.21. The maximum Gasteiger partial charge on any atom is 0.273 e. The van der Waals surface area contributed by atoms with Crippen LogP contribution in [0.15, 0.2) is 60.9 Å². The molecular formula is C25H21Cl2N5O2. The smallest absolute Gasteiger partial charge is 0.273 e. The van der Waals surface area contributed by atoms with Crippen molar-refractivity contribution in [2.24, 2.45) is 0 Å². The van der Waals surface area contributed by atoms with Gasteiger partial charge in [-0.1, -0.05) is 47.5 Å². The molecule has 0 spiro atoms. The van der Waals surface area contributed by atoms with Crippen molar-refractivity contribution in [2.45, 2.75) is 0 Å². The van der Waals surface area contributed by atoms with Gasteiger partial charge in [0.1, 0.15) is 17.9 Å². The van der Waals surface area contributed by atoms with Crippen LogP contribution >= 0.6 is 23.2 Å². The van der Waals surface area contributed by atoms with Crippen molar-refractivity contribution in [1.82, 2.24) is 15.4 Å². The molecule has 0 radical (unpaired) electrons. The molecule has 3 heterocycles. The van der Waals surface area contributed by atoms with E-state index in [0.29, 0.717) is 45.5 Å². The summed E-state index contributed by atoms with van der Waals surface area (Å²) in [6, 6.07) is 14.9. The van der Waals surface area contributed by atoms with E-state index in [1.165, 1.54) is 0 Å². The van der Waals surface area contributed by atoms with E-state index in [0.717, 1.165) is 22.6 Å². The van der Waals surface area contributed by atoms with Gasteiger partial charge in [0.2, 0.25) is 0 Å². The fraction of sp³-hybridized carbons (Fsp3) is 0.160. The highest BCUT2D eigenvalue weighted by molar-refractivity contribution is 6.44. The molecular weight excluding hydrogens is 473 g/mol. The van der Waals surface area contributed by atoms with Gasteiger partial charge in [-0.2, -0.15) is 0 Å². The number of benzene rings is 2. The number of nitrogens with one attached hydrogen (secondary N) is 1. The number of hydrazine groups is 1. The van der Waals surface area contributed by atoms with Crippen LogP contribution in [0, 0.1) is 0 Å². The maximum absolute atomic E-state index is 13.4. The molecule has 7 nitrogen and oxygen atoms in total. The average Bonchev–Trinajstić information content (AvgIpc) is 2.84. The van der Waals surface area contributed by atoms with Gasteiger partial charge < -0.3 is 9.64 Å². The summed E-state index contributed by atoms with van der Waals surface area (Å²) < 4.78 is 5.69. The number of fused-ring (bicyclic) bond motifs is 2. The Balaban J connectivity index is 1.59. The number of halogens is 2. The third-order valence-corrected chi connectivity index (χ3v) is 6.44. The van der Waals surface area contributed by atoms with E-state index >= 15 is 0 Å². The van der Waals surface area contributed by atoms with E-state index in [-0.39, 0.29) is 5.91 Å². The van der Waals surface area contributed by atoms with Crippen molar-refractivity contribution < 1.29 is 9.53 Å². The van der Waals surface area contributed by atoms with Crippen LogP contribution in [-0.4, -0.2) is 43.1 Å². The molecule has 2 aromatic heterocycles. The molecule has 0 saturated heterocycles. The molecule has 0 unspecified atom stereocenters. The van der Waals surface area contributed by atoms with E-state index in [4.69, 9.17) is 27.9 Å². The molecule has 4 aromatic rings. The molecule has 34 heavy (non-hydrogen) atoms. The number of carbonyl (C=O) groups is 1. The van der Waals surface area contributed by atoms with Gasteiger partial charge in [-0.25, -0.2) is 0 Å². The number of para-hydroxylation sites is 2. The van der Waals surface area contributed by atoms with Crippen LogP contribution in [0.2, 0.25) is 10.0 Å². The van der Waals surface area contributed by atoms with Gasteiger partial charge in [0.05, 0.1) is 39.0 Å². The minimum absolute atomic E-state index is 0.289. The molecule has 5 rings (SSSR count). The number of amides is 1. The second-order valence-electron chi connectivity index (χ2n) is 7.98. The Hall–Kier alpha value is -3.55. The number of aromatic nitrogens is 2. The van der Waals surface area contributed by atoms with Crippen molar-refractivity contribution >= 4 is 51.5 Å². The summed E-state index contributed by atoms with van der Waals surface area (Å²) in [7, 11) is 3.74. The van der Waals surface area contributed by atoms with Gasteiger partial charge in [-0.05, 0) is 24.3 Å². The van der Waals surface area contributed by atoms with E-state index < -0.39 is 0 Å². The average molecular weight is 494 g/mol. The number of hydrogen-bond donors (Lipinski definition) is 1. The first-order valence-electron chi connectivity index (χ1n) is 10.7. The van der Waals surface area contributed by atoms with Crippen LogP contribution in [0.4, 0.5) is 11.4 Å². The molecule has 0 fully saturated rings. The second kappa shape index (κ2) is 9.00. The highest BCUT2D eigenvalue weighted by atomic mass is 35.5. The SMILES string of the molecule is CN(C)c1c(C(=O)NN2CCOc3ccccc32)cnc2c(-c3cccc(Cl)c3Cl)ccnc12. The fourth-order valence-electron chi connectivity index (χ4n) is 4.09. The van der Waals surface area contributed by atoms with Gasteiger partial charge in [0.25, 0.3) is 5.91 Å². The van der Waals surface area contributed by atoms with Crippen molar-refractivity contribution in [3.8, 4) is 16.9 Å². The normalized spacial score (nSPS) is 12.8. The zero-order valence-electron chi connectivity index (χ0n) is 18.5. The number of pyridine rings is 2. The van der Waals surface area contributed by atoms with Gasteiger partial charge in [-0.15, -0.1) is 0 Å². The first-order chi connectivity index (χ1) is 16.5. The number of rotatable bonds is 4. The third-order valence-electron chi connectivity index (χ3n) is 5.63. The van der Waals surface area contributed by atoms with Crippen molar-refractivity contribution in [3.05, 3.63) is 76.5 Å². The van der Waals surface area contributed by atoms with E-state index in [9.17, 15) is 4.79 Å². The number of nitrogens with zero attached hydrogens (tertiary/aromatic N) is 4. The summed E-state index contributed by atoms with van der Waals surface area (Å²) in [5.41, 5.74) is 7.62. The van der Waals surface area contributed by atoms with Crippen molar-refractivity contribution in [1.29, 1.82) is 0 Å². The van der Waals surface area contributed by atoms with Crippen LogP contribution in [0.5, 0.6) is 5.75 Å². The second-order valence-corrected chi connectivity index (χ2v) is 8.77. The Bertz CT molecular complexity index is 1410. The number of carbonyl (C=O) groups excluding carboxylic acids is 1. The summed E-state index contributed by atoms with van der Waals surface area (Å²) in [6.45, 7) is 0.996. The van der Waals surface area contributed by atoms with Crippen LogP contribution < -0.4 is 20.1 Å². The summed E-state index contributed by atoms with van der Waals surface area (Å²) in [5, 5.41) is 2.69. The van der Waals surface area contributed by atoms with Crippen LogP contribution in [-0.2, 0) is 0 Å². The Morgan fingerprint density at radius 1 is 1.03 bits per heavy atom. The number of anilines is 2. The number of hydrogen-bond acceptors (Lipinski definition) is 6. The lowest BCUT2D eigenvalue weighted by molar-refractivity contribution is 0.0945. The Kier molecular flexibility index (Phi) is 5.89. The summed E-state index contributed by atoms with van der Waals surface area (Å²) in [4.78, 5) is 24.5. The standard InChI is InChI=1S/C25H21Cl2N5O2/c1-31(2)24-17(25(33)30-32-12-13-34-20-9-4-3-8-19(20)32)14-29-22-16(10-11-28-23(22)24)15-6-5-7-18(26)21(15)27/h3-11,14H,12-13H2,1-2H3,(H,30,33). The summed E-state index contributed by atoms with van der Waals surface area (Å²) in [5.74, 6) is 0.436. The highest BCUT2D eigenvalue weighted by Gasteiger charge is 2.24. The quantitative estimate of drug-likeness (QED) is 0.420. The lowest BCUT2D eigenvalue weighted by atomic mass is 10.0. The molecule has 0 saturated carbocycles. The topological polar surface area (TPSA) is 70.6 Å². The minimum Gasteiger partial charge on any atom is -0.489 e. The van der Waals surface area contributed by atoms with Crippen molar-refractivity contribution in [2.75, 3.05) is 37.2 Å². The Morgan fingerprint density at radius 3 is 2.68 bits per heavy atom. The Morgan fingerprint density at radius 2 is 1.85 bits per heavy atom. The lowest BCUT2D eigenvalue weighted by Crippen LogP contribution is -2.47. The molecule has 172 valence electrons. The van der Waals surface area contributed by atoms with Gasteiger partial charge in [0, 0.05) is 37.6 Å². The molecule has 2 aromatic carbocycles. The summed E-state index contributed by atoms with van der Waals surface area (Å²) in [6.07, 6.45) is 3.26. The zero-order valence-corrected chi connectivity index (χ0v) is 20.1. The minimum atomic E-state index is -0.289. The molecule has 1 aliphatic rings. The first kappa shape index (κ1) is 22.3. The van der Waals surface area contributed by atoms with Gasteiger partial charge in [-0.3, -0.25) is 25.2 Å². The first-order valence-corrected chi connectivity index (χ1v) is 11.4. The van der Waals surface area contributed by atoms with Crippen LogP contribution in [0.3, 0.4) is 0 Å². The largest absolute Gasteiger partial charge is 0.489 e. The van der Waals surface area contributed by atoms with E-state index in [1.54, 1.807) is 23.5 Å². The summed E-state index contributed by atoms with van der Waals surface area (Å²) >= 11 is 12.7. The maximum atomic E-state index is 13.4. The molecule has 0 aliphatic carbocycles. The van der Waals surface area contributed by atoms with E-state index in [2.05, 4.69) is 15.4 Å². The highest BCUT2D eigenvalue weighted by Crippen LogP contribution is 2.38. The van der Waals surface area contributed by atoms with E-state index in [1.807, 2.05) is 61.5 Å². The monoisotopic (exact) mass is 493 g/mol. The lowest BCUT2D eigenvalue weighted by Gasteiger charge is -2.31. The zero-order chi connectivity index (χ0) is 23.8. The molecule has 1 amide bonds. The molecule has 1 N–H and O–H groups in total. The fourth-order valence-corrected chi connectivity index (χ4v) is 4.49. The predicted molar refractivity (Wildman–Crippen MR) is 136 cm³/mol. The Labute approximate surface area is 206 Å². The van der Waals surface area contributed by atoms with Gasteiger partial charge in [0.15, 0.2) is 0 Å². The molecule has 9 heteroatoms. The molecule has 1 aliphatic heterocycles. The van der Waals surface area contributed by atoms with Crippen LogP contribution in [0.25, 0.3) is 22.2 Å².